The Balaban J connectivity index is 1.66. The van der Waals surface area contributed by atoms with E-state index in [0.29, 0.717) is 22.8 Å². The number of benzene rings is 2. The molecule has 0 radical (unpaired) electrons. The molecule has 2 aromatic rings. The molecule has 3 aliphatic rings. The highest BCUT2D eigenvalue weighted by molar-refractivity contribution is 6.21. The molecule has 0 aromatic heterocycles. The Hall–Kier alpha value is -3.88. The third-order valence-electron chi connectivity index (χ3n) is 4.94. The summed E-state index contributed by atoms with van der Waals surface area (Å²) in [6, 6.07) is 8.77. The van der Waals surface area contributed by atoms with Crippen molar-refractivity contribution in [2.24, 2.45) is 0 Å². The normalized spacial score (nSPS) is 14.4. The molecule has 154 valence electrons. The topological polar surface area (TPSA) is 111 Å². The van der Waals surface area contributed by atoms with Crippen LogP contribution >= 0.6 is 0 Å². The van der Waals surface area contributed by atoms with Crippen molar-refractivity contribution in [3.05, 3.63) is 53.1 Å². The summed E-state index contributed by atoms with van der Waals surface area (Å²) in [4.78, 5) is 55.4. The molecule has 0 spiro atoms. The van der Waals surface area contributed by atoms with Gasteiger partial charge in [-0.15, -0.1) is 0 Å². The number of imide groups is 1. The summed E-state index contributed by atoms with van der Waals surface area (Å²) in [7, 11) is 1.50. The lowest BCUT2D eigenvalue weighted by Gasteiger charge is -2.30. The fourth-order valence-corrected chi connectivity index (χ4v) is 3.47. The van der Waals surface area contributed by atoms with Crippen molar-refractivity contribution < 1.29 is 33.5 Å². The van der Waals surface area contributed by atoms with E-state index in [1.165, 1.54) is 7.11 Å². The lowest BCUT2D eigenvalue weighted by Crippen LogP contribution is -2.38. The highest BCUT2D eigenvalue weighted by Gasteiger charge is 2.42. The fourth-order valence-electron chi connectivity index (χ4n) is 3.47. The number of nitrogens with zero attached hydrogens (tertiary/aromatic N) is 1. The van der Waals surface area contributed by atoms with E-state index in [1.807, 2.05) is 0 Å². The van der Waals surface area contributed by atoms with Crippen LogP contribution in [-0.2, 0) is 14.4 Å². The van der Waals surface area contributed by atoms with Gasteiger partial charge in [0.05, 0.1) is 30.7 Å². The molecule has 0 aliphatic carbocycles. The molecule has 2 aromatic carbocycles. The number of hydrogen-bond donors (Lipinski definition) is 1. The number of methoxy groups -OCH3 is 1. The van der Waals surface area contributed by atoms with Gasteiger partial charge in [0, 0.05) is 6.42 Å². The van der Waals surface area contributed by atoms with Gasteiger partial charge in [-0.05, 0) is 29.8 Å². The maximum absolute atomic E-state index is 13.0. The summed E-state index contributed by atoms with van der Waals surface area (Å²) in [6.07, 6.45) is -0.210. The van der Waals surface area contributed by atoms with Crippen LogP contribution in [0.2, 0.25) is 0 Å². The number of hydrogen-bond acceptors (Lipinski definition) is 7. The summed E-state index contributed by atoms with van der Waals surface area (Å²) < 4.78 is 10.6. The van der Waals surface area contributed by atoms with E-state index >= 15 is 0 Å². The van der Waals surface area contributed by atoms with E-state index < -0.39 is 29.7 Å². The van der Waals surface area contributed by atoms with Gasteiger partial charge in [0.25, 0.3) is 17.7 Å². The minimum absolute atomic E-state index is 0.0879. The molecule has 30 heavy (non-hydrogen) atoms. The number of carbonyl (C=O) groups excluding carboxylic acids is 4. The molecule has 3 aliphatic heterocycles. The van der Waals surface area contributed by atoms with Crippen molar-refractivity contribution in [2.45, 2.75) is 25.8 Å². The molecular formula is C21H18N2O7. The summed E-state index contributed by atoms with van der Waals surface area (Å²) in [5.41, 5.74) is 3.13. The molecule has 9 nitrogen and oxygen atoms in total. The van der Waals surface area contributed by atoms with Gasteiger partial charge >= 0.3 is 5.97 Å². The molecule has 3 amide bonds. The van der Waals surface area contributed by atoms with Crippen molar-refractivity contribution in [3.8, 4) is 17.2 Å². The number of rotatable bonds is 6. The van der Waals surface area contributed by atoms with Gasteiger partial charge in [0.15, 0.2) is 11.5 Å². The summed E-state index contributed by atoms with van der Waals surface area (Å²) in [6.45, 7) is 1.59. The van der Waals surface area contributed by atoms with Crippen molar-refractivity contribution in [1.29, 1.82) is 0 Å². The largest absolute Gasteiger partial charge is 0.490 e. The first-order valence-electron chi connectivity index (χ1n) is 9.29. The first-order valence-corrected chi connectivity index (χ1v) is 9.29. The van der Waals surface area contributed by atoms with Crippen LogP contribution in [0.3, 0.4) is 0 Å². The minimum atomic E-state index is -0.926. The van der Waals surface area contributed by atoms with E-state index in [4.69, 9.17) is 9.47 Å². The summed E-state index contributed by atoms with van der Waals surface area (Å²) in [5, 5.41) is 0. The quantitative estimate of drug-likeness (QED) is 0.491. The van der Waals surface area contributed by atoms with E-state index in [2.05, 4.69) is 10.3 Å². The Morgan fingerprint density at radius 2 is 1.70 bits per heavy atom. The number of carbonyl (C=O) groups is 4. The zero-order valence-corrected chi connectivity index (χ0v) is 16.3. The summed E-state index contributed by atoms with van der Waals surface area (Å²) in [5.74, 6) is -0.809. The zero-order chi connectivity index (χ0) is 21.4. The molecule has 2 bridgehead atoms. The van der Waals surface area contributed by atoms with Crippen LogP contribution in [0.15, 0.2) is 36.4 Å². The van der Waals surface area contributed by atoms with E-state index in [1.54, 1.807) is 43.3 Å². The van der Waals surface area contributed by atoms with Gasteiger partial charge in [-0.2, -0.15) is 5.48 Å². The molecule has 0 saturated carbocycles. The van der Waals surface area contributed by atoms with Crippen molar-refractivity contribution in [3.63, 3.8) is 0 Å². The molecule has 0 saturated heterocycles. The molecule has 5 rings (SSSR count). The number of fused-ring (bicyclic) bond motifs is 3. The number of hydroxylamine groups is 1. The third kappa shape index (κ3) is 3.14. The molecule has 1 unspecified atom stereocenters. The van der Waals surface area contributed by atoms with Crippen LogP contribution in [-0.4, -0.2) is 35.7 Å². The molecule has 1 atom stereocenters. The van der Waals surface area contributed by atoms with Crippen molar-refractivity contribution >= 4 is 23.7 Å². The first kappa shape index (κ1) is 19.4. The molecule has 1 N–H and O–H groups in total. The van der Waals surface area contributed by atoms with Gasteiger partial charge < -0.3 is 14.3 Å². The van der Waals surface area contributed by atoms with Crippen LogP contribution in [0.25, 0.3) is 0 Å². The lowest BCUT2D eigenvalue weighted by atomic mass is 9.98. The molecule has 3 heterocycles. The highest BCUT2D eigenvalue weighted by Crippen LogP contribution is 2.52. The number of ether oxygens (including phenoxy) is 2. The van der Waals surface area contributed by atoms with Gasteiger partial charge in [0.1, 0.15) is 0 Å². The van der Waals surface area contributed by atoms with Gasteiger partial charge in [0.2, 0.25) is 5.75 Å². The predicted octanol–water partition coefficient (Wildman–Crippen LogP) is 2.51. The number of amides is 3. The van der Waals surface area contributed by atoms with Crippen LogP contribution in [0.4, 0.5) is 0 Å². The van der Waals surface area contributed by atoms with Gasteiger partial charge in [-0.3, -0.25) is 19.3 Å². The summed E-state index contributed by atoms with van der Waals surface area (Å²) >= 11 is 0. The minimum Gasteiger partial charge on any atom is -0.490 e. The Kier molecular flexibility index (Phi) is 4.86. The second kappa shape index (κ2) is 7.51. The van der Waals surface area contributed by atoms with Crippen LogP contribution in [0, 0.1) is 0 Å². The Morgan fingerprint density at radius 1 is 1.10 bits per heavy atom. The number of nitrogens with one attached hydrogen (secondary N) is 1. The fraction of sp³-hybridized carbons (Fsp3) is 0.238. The third-order valence-corrected chi connectivity index (χ3v) is 4.94. The monoisotopic (exact) mass is 410 g/mol. The van der Waals surface area contributed by atoms with Gasteiger partial charge in [-0.1, -0.05) is 19.1 Å². The second-order valence-corrected chi connectivity index (χ2v) is 6.75. The van der Waals surface area contributed by atoms with E-state index in [-0.39, 0.29) is 24.0 Å². The Labute approximate surface area is 171 Å². The lowest BCUT2D eigenvalue weighted by molar-refractivity contribution is -0.158. The SMILES string of the molecule is CCC(=O)ONC(=O)CC(c1cc2c(OC)c(c1)O2)N1C(=O)c2ccccc2C1=O. The van der Waals surface area contributed by atoms with Crippen LogP contribution in [0.5, 0.6) is 17.2 Å². The van der Waals surface area contributed by atoms with Gasteiger partial charge in [-0.25, -0.2) is 4.79 Å². The smallest absolute Gasteiger partial charge is 0.331 e. The van der Waals surface area contributed by atoms with Crippen molar-refractivity contribution in [1.82, 2.24) is 10.4 Å². The average Bonchev–Trinajstić information content (AvgIpc) is 3.01. The van der Waals surface area contributed by atoms with E-state index in [0.717, 1.165) is 4.90 Å². The molecule has 0 fully saturated rings. The maximum atomic E-state index is 13.0. The molecular weight excluding hydrogens is 392 g/mol. The van der Waals surface area contributed by atoms with Crippen LogP contribution < -0.4 is 15.0 Å². The Morgan fingerprint density at radius 3 is 2.23 bits per heavy atom. The predicted molar refractivity (Wildman–Crippen MR) is 102 cm³/mol. The molecule has 9 heteroatoms. The highest BCUT2D eigenvalue weighted by atomic mass is 16.7. The Bertz CT molecular complexity index is 1020. The van der Waals surface area contributed by atoms with Crippen molar-refractivity contribution in [2.75, 3.05) is 7.11 Å². The maximum Gasteiger partial charge on any atom is 0.331 e. The zero-order valence-electron chi connectivity index (χ0n) is 16.3. The van der Waals surface area contributed by atoms with Crippen LogP contribution in [0.1, 0.15) is 52.1 Å². The second-order valence-electron chi connectivity index (χ2n) is 6.75. The standard InChI is InChI=1S/C21H18N2O7/c1-3-18(25)30-22-17(24)10-14(11-8-15-19(28-2)16(9-11)29-15)23-20(26)12-6-4-5-7-13(12)21(23)27/h4-9,14H,3,10H2,1-2H3,(H,22,24). The van der Waals surface area contributed by atoms with E-state index in [9.17, 15) is 19.2 Å². The average molecular weight is 410 g/mol. The first-order chi connectivity index (χ1) is 14.4.